The normalized spacial score (nSPS) is 11.0. The Bertz CT molecular complexity index is 1510. The zero-order valence-corrected chi connectivity index (χ0v) is 15.4. The van der Waals surface area contributed by atoms with Crippen molar-refractivity contribution in [1.29, 1.82) is 5.26 Å². The van der Waals surface area contributed by atoms with E-state index in [2.05, 4.69) is 16.0 Å². The molecule has 0 aliphatic heterocycles. The van der Waals surface area contributed by atoms with E-state index in [1.54, 1.807) is 12.3 Å². The van der Waals surface area contributed by atoms with Gasteiger partial charge in [-0.15, -0.1) is 0 Å². The summed E-state index contributed by atoms with van der Waals surface area (Å²) in [5.41, 5.74) is 6.37. The van der Waals surface area contributed by atoms with Crippen molar-refractivity contribution in [3.8, 4) is 28.5 Å². The molecular weight excluding hydrogens is 364 g/mol. The van der Waals surface area contributed by atoms with Crippen LogP contribution < -0.4 is 5.43 Å². The second kappa shape index (κ2) is 6.43. The van der Waals surface area contributed by atoms with Gasteiger partial charge >= 0.3 is 0 Å². The molecule has 6 nitrogen and oxygen atoms in total. The lowest BCUT2D eigenvalue weighted by molar-refractivity contribution is 0.602. The quantitative estimate of drug-likeness (QED) is 0.485. The molecule has 5 aromatic rings. The average Bonchev–Trinajstić information content (AvgIpc) is 3.21. The van der Waals surface area contributed by atoms with Crippen LogP contribution in [0.2, 0.25) is 0 Å². The lowest BCUT2D eigenvalue weighted by Gasteiger charge is -2.13. The molecule has 0 aliphatic rings. The highest BCUT2D eigenvalue weighted by Gasteiger charge is 2.17. The van der Waals surface area contributed by atoms with Gasteiger partial charge in [0.15, 0.2) is 17.4 Å². The largest absolute Gasteiger partial charge is 0.443 e. The molecular formula is C23H14N4O2. The molecule has 0 aliphatic carbocycles. The molecule has 29 heavy (non-hydrogen) atoms. The van der Waals surface area contributed by atoms with Gasteiger partial charge in [0.1, 0.15) is 11.2 Å². The Morgan fingerprint density at radius 3 is 2.86 bits per heavy atom. The maximum absolute atomic E-state index is 12.4. The number of nitrogens with one attached hydrogen (secondary N) is 1. The van der Waals surface area contributed by atoms with Gasteiger partial charge in [-0.2, -0.15) is 5.26 Å². The molecule has 5 rings (SSSR count). The molecule has 0 spiro atoms. The van der Waals surface area contributed by atoms with Gasteiger partial charge in [0.2, 0.25) is 0 Å². The van der Waals surface area contributed by atoms with Gasteiger partial charge in [-0.3, -0.25) is 4.79 Å². The van der Waals surface area contributed by atoms with Crippen LogP contribution in [-0.2, 0) is 0 Å². The monoisotopic (exact) mass is 378 g/mol. The number of fused-ring (bicyclic) bond motifs is 2. The van der Waals surface area contributed by atoms with Crippen molar-refractivity contribution in [2.24, 2.45) is 0 Å². The molecule has 2 aromatic carbocycles. The van der Waals surface area contributed by atoms with Crippen LogP contribution in [0.15, 0.2) is 70.3 Å². The smallest absolute Gasteiger partial charge is 0.191 e. The van der Waals surface area contributed by atoms with Gasteiger partial charge in [0.05, 0.1) is 22.7 Å². The molecule has 6 heteroatoms. The van der Waals surface area contributed by atoms with Crippen molar-refractivity contribution in [3.05, 3.63) is 82.5 Å². The number of hydrogen-bond acceptors (Lipinski definition) is 5. The molecule has 0 atom stereocenters. The molecule has 3 heterocycles. The Morgan fingerprint density at radius 1 is 1.10 bits per heavy atom. The summed E-state index contributed by atoms with van der Waals surface area (Å²) in [5.74, 6) is 0. The second-order valence-corrected chi connectivity index (χ2v) is 6.75. The van der Waals surface area contributed by atoms with Crippen LogP contribution in [0.3, 0.4) is 0 Å². The van der Waals surface area contributed by atoms with Crippen molar-refractivity contribution in [3.63, 3.8) is 0 Å². The number of aromatic nitrogens is 3. The molecule has 0 saturated carbocycles. The van der Waals surface area contributed by atoms with E-state index >= 15 is 0 Å². The number of hydrogen-bond donors (Lipinski definition) is 1. The molecule has 3 aromatic heterocycles. The fraction of sp³-hybridized carbons (Fsp3) is 0.0435. The number of nitriles is 1. The molecule has 0 saturated heterocycles. The first-order chi connectivity index (χ1) is 14.2. The van der Waals surface area contributed by atoms with Gasteiger partial charge in [-0.25, -0.2) is 9.97 Å². The first-order valence-corrected chi connectivity index (χ1v) is 9.02. The molecule has 0 radical (unpaired) electrons. The Balaban J connectivity index is 1.88. The Morgan fingerprint density at radius 2 is 2.00 bits per heavy atom. The first-order valence-electron chi connectivity index (χ1n) is 9.02. The highest BCUT2D eigenvalue weighted by molar-refractivity contribution is 5.93. The molecule has 0 unspecified atom stereocenters. The van der Waals surface area contributed by atoms with Crippen molar-refractivity contribution in [2.45, 2.75) is 6.92 Å². The van der Waals surface area contributed by atoms with E-state index in [-0.39, 0.29) is 5.43 Å². The van der Waals surface area contributed by atoms with Crippen LogP contribution in [0.25, 0.3) is 44.5 Å². The van der Waals surface area contributed by atoms with E-state index in [1.165, 1.54) is 12.5 Å². The highest BCUT2D eigenvalue weighted by Crippen LogP contribution is 2.35. The summed E-state index contributed by atoms with van der Waals surface area (Å²) in [5, 5.41) is 9.94. The minimum Gasteiger partial charge on any atom is -0.443 e. The Kier molecular flexibility index (Phi) is 3.75. The number of nitrogens with zero attached hydrogens (tertiary/aromatic N) is 3. The van der Waals surface area contributed by atoms with E-state index in [1.807, 2.05) is 43.3 Å². The minimum atomic E-state index is -0.109. The van der Waals surface area contributed by atoms with Crippen LogP contribution in [0.1, 0.15) is 11.1 Å². The molecule has 0 bridgehead atoms. The van der Waals surface area contributed by atoms with Gasteiger partial charge in [0.25, 0.3) is 0 Å². The summed E-state index contributed by atoms with van der Waals surface area (Å²) in [7, 11) is 0. The summed E-state index contributed by atoms with van der Waals surface area (Å²) < 4.78 is 5.45. The SMILES string of the molecule is Cc1c(C#N)cccc1-c1nc2[nH]ccc(=O)c2cc1-c1ccc2ncoc2c1. The van der Waals surface area contributed by atoms with Crippen LogP contribution in [0.4, 0.5) is 0 Å². The van der Waals surface area contributed by atoms with Crippen molar-refractivity contribution < 1.29 is 4.42 Å². The molecule has 0 fully saturated rings. The van der Waals surface area contributed by atoms with Crippen LogP contribution in [0.5, 0.6) is 0 Å². The predicted molar refractivity (Wildman–Crippen MR) is 110 cm³/mol. The zero-order valence-electron chi connectivity index (χ0n) is 15.4. The third-order valence-corrected chi connectivity index (χ3v) is 5.09. The average molecular weight is 378 g/mol. The Hall–Kier alpha value is -4.24. The highest BCUT2D eigenvalue weighted by atomic mass is 16.3. The Labute approximate surface area is 165 Å². The lowest BCUT2D eigenvalue weighted by Crippen LogP contribution is -2.04. The van der Waals surface area contributed by atoms with Crippen molar-refractivity contribution in [1.82, 2.24) is 15.0 Å². The third kappa shape index (κ3) is 2.68. The second-order valence-electron chi connectivity index (χ2n) is 6.75. The summed E-state index contributed by atoms with van der Waals surface area (Å²) in [6, 6.07) is 16.8. The van der Waals surface area contributed by atoms with Gasteiger partial charge in [-0.05, 0) is 42.3 Å². The van der Waals surface area contributed by atoms with Crippen molar-refractivity contribution in [2.75, 3.05) is 0 Å². The number of benzene rings is 2. The molecule has 0 amide bonds. The maximum Gasteiger partial charge on any atom is 0.191 e. The van der Waals surface area contributed by atoms with Crippen LogP contribution in [0, 0.1) is 18.3 Å². The predicted octanol–water partition coefficient (Wildman–Crippen LogP) is 4.58. The maximum atomic E-state index is 12.4. The van der Waals surface area contributed by atoms with E-state index in [0.29, 0.717) is 27.9 Å². The number of oxazole rings is 1. The van der Waals surface area contributed by atoms with Gasteiger partial charge < -0.3 is 9.40 Å². The van der Waals surface area contributed by atoms with E-state index < -0.39 is 0 Å². The molecule has 138 valence electrons. The van der Waals surface area contributed by atoms with E-state index in [0.717, 1.165) is 27.8 Å². The van der Waals surface area contributed by atoms with Crippen molar-refractivity contribution >= 4 is 22.1 Å². The lowest BCUT2D eigenvalue weighted by atomic mass is 9.93. The minimum absolute atomic E-state index is 0.109. The van der Waals surface area contributed by atoms with Gasteiger partial charge in [-0.1, -0.05) is 18.2 Å². The fourth-order valence-corrected chi connectivity index (χ4v) is 3.56. The molecule has 1 N–H and O–H groups in total. The standard InChI is InChI=1S/C23H14N4O2/c1-13-15(11-24)3-2-4-16(13)22-17(10-18-20(28)7-8-25-23(18)27-22)14-5-6-19-21(9-14)29-12-26-19/h2-10,12H,1H3,(H,25,27,28). The van der Waals surface area contributed by atoms with E-state index in [9.17, 15) is 10.1 Å². The first kappa shape index (κ1) is 16.9. The fourth-order valence-electron chi connectivity index (χ4n) is 3.56. The number of pyridine rings is 2. The summed E-state index contributed by atoms with van der Waals surface area (Å²) in [4.78, 5) is 24.4. The van der Waals surface area contributed by atoms with Gasteiger partial charge in [0, 0.05) is 23.4 Å². The van der Waals surface area contributed by atoms with Crippen LogP contribution >= 0.6 is 0 Å². The number of H-pyrrole nitrogens is 1. The zero-order chi connectivity index (χ0) is 20.0. The third-order valence-electron chi connectivity index (χ3n) is 5.09. The summed E-state index contributed by atoms with van der Waals surface area (Å²) in [6.45, 7) is 1.90. The summed E-state index contributed by atoms with van der Waals surface area (Å²) in [6.07, 6.45) is 2.99. The van der Waals surface area contributed by atoms with Crippen LogP contribution in [-0.4, -0.2) is 15.0 Å². The summed E-state index contributed by atoms with van der Waals surface area (Å²) >= 11 is 0. The number of rotatable bonds is 2. The van der Waals surface area contributed by atoms with E-state index in [4.69, 9.17) is 9.40 Å². The topological polar surface area (TPSA) is 95.6 Å². The number of aromatic amines is 1.